The van der Waals surface area contributed by atoms with Gasteiger partial charge < -0.3 is 0 Å². The van der Waals surface area contributed by atoms with Gasteiger partial charge in [0.25, 0.3) is 0 Å². The van der Waals surface area contributed by atoms with Crippen molar-refractivity contribution in [3.63, 3.8) is 0 Å². The van der Waals surface area contributed by atoms with E-state index in [9.17, 15) is 17.0 Å². The van der Waals surface area contributed by atoms with E-state index in [4.69, 9.17) is 0 Å². The Labute approximate surface area is 369 Å². The monoisotopic (exact) mass is 921 g/mol. The molecule has 2 aliphatic carbocycles. The van der Waals surface area contributed by atoms with Crippen molar-refractivity contribution in [2.24, 2.45) is 10.8 Å². The molecule has 0 bridgehead atoms. The van der Waals surface area contributed by atoms with E-state index in [0.29, 0.717) is 0 Å². The summed E-state index contributed by atoms with van der Waals surface area (Å²) in [5, 5.41) is 0. The van der Waals surface area contributed by atoms with Gasteiger partial charge in [-0.3, -0.25) is 0 Å². The predicted octanol–water partition coefficient (Wildman–Crippen LogP) is 17.2. The fourth-order valence-corrected chi connectivity index (χ4v) is 41.4. The summed E-state index contributed by atoms with van der Waals surface area (Å²) >= 11 is -5.43. The molecule has 8 rings (SSSR count). The molecule has 307 valence electrons. The maximum atomic E-state index is 9.36. The van der Waals surface area contributed by atoms with Gasteiger partial charge >= 0.3 is 373 Å². The van der Waals surface area contributed by atoms with Crippen LogP contribution in [0, 0.1) is 38.5 Å². The number of hydrogen-bond donors (Lipinski definition) is 0. The molecule has 0 amide bonds. The standard InChI is InChI=1S/2C27H27.C2H7Si.2ClH.Zr/c2*1-18-6-10-20(11-7-18)23-14-15-24(21-12-8-19(2)9-13-21)26-17-22(16-25(23)26)27(3,4)5;1-3-2;;;/h2*6-17H,1-5H3;3H,1-2H3;2*1H;/q;;;;;+2/p-2. The fraction of sp³-hybridized carbons (Fsp3) is 0.286. The van der Waals surface area contributed by atoms with Crippen molar-refractivity contribution in [3.8, 4) is 44.5 Å². The van der Waals surface area contributed by atoms with Gasteiger partial charge in [0.1, 0.15) is 0 Å². The molecule has 0 spiro atoms. The molecule has 0 saturated heterocycles. The Bertz CT molecular complexity index is 2500. The quantitative estimate of drug-likeness (QED) is 0.140. The first-order valence-corrected chi connectivity index (χ1v) is 38.1. The Hall–Kier alpha value is -3.52. The first kappa shape index (κ1) is 43.1. The molecular formula is C56H61Cl2SiZr. The number of aryl methyl sites for hydroxylation is 4. The number of halogens is 2. The summed E-state index contributed by atoms with van der Waals surface area (Å²) in [5.41, 5.74) is 22.5. The molecule has 2 unspecified atom stereocenters. The summed E-state index contributed by atoms with van der Waals surface area (Å²) in [6.07, 6.45) is 5.09. The minimum atomic E-state index is -5.43. The summed E-state index contributed by atoms with van der Waals surface area (Å²) in [5.74, 6) is -1.94. The zero-order valence-electron chi connectivity index (χ0n) is 37.7. The second-order valence-corrected chi connectivity index (χ2v) is 62.9. The van der Waals surface area contributed by atoms with Gasteiger partial charge in [0.2, 0.25) is 0 Å². The van der Waals surface area contributed by atoms with Crippen LogP contribution in [0.15, 0.2) is 132 Å². The Morgan fingerprint density at radius 2 is 0.650 bits per heavy atom. The van der Waals surface area contributed by atoms with Crippen molar-refractivity contribution in [2.45, 2.75) is 89.6 Å². The van der Waals surface area contributed by atoms with E-state index in [0.717, 1.165) is 0 Å². The molecule has 2 atom stereocenters. The third-order valence-corrected chi connectivity index (χ3v) is 65.2. The Morgan fingerprint density at radius 1 is 0.400 bits per heavy atom. The van der Waals surface area contributed by atoms with Gasteiger partial charge in [0.15, 0.2) is 0 Å². The number of benzene rings is 6. The average molecular weight is 924 g/mol. The molecule has 0 aliphatic heterocycles. The van der Waals surface area contributed by atoms with E-state index in [2.05, 4.69) is 216 Å². The zero-order chi connectivity index (χ0) is 43.1. The molecule has 2 aliphatic rings. The van der Waals surface area contributed by atoms with Crippen LogP contribution in [0.2, 0.25) is 13.1 Å². The molecule has 0 heterocycles. The van der Waals surface area contributed by atoms with Crippen molar-refractivity contribution in [3.05, 3.63) is 177 Å². The van der Waals surface area contributed by atoms with Gasteiger partial charge in [0, 0.05) is 0 Å². The molecular weight excluding hydrogens is 863 g/mol. The summed E-state index contributed by atoms with van der Waals surface area (Å²) in [6.45, 7) is 28.0. The summed E-state index contributed by atoms with van der Waals surface area (Å²) in [4.78, 5) is 0. The topological polar surface area (TPSA) is 0 Å². The fourth-order valence-electron chi connectivity index (χ4n) is 10.2. The van der Waals surface area contributed by atoms with Crippen molar-refractivity contribution < 1.29 is 15.6 Å². The van der Waals surface area contributed by atoms with Crippen LogP contribution in [0.3, 0.4) is 0 Å². The second-order valence-electron chi connectivity index (χ2n) is 20.4. The summed E-state index contributed by atoms with van der Waals surface area (Å²) in [6, 6.07) is 45.7. The maximum absolute atomic E-state index is 9.36. The Kier molecular flexibility index (Phi) is 11.1. The van der Waals surface area contributed by atoms with Crippen LogP contribution >= 0.6 is 17.0 Å². The van der Waals surface area contributed by atoms with Gasteiger partial charge in [0.05, 0.1) is 0 Å². The van der Waals surface area contributed by atoms with E-state index in [-0.39, 0.29) is 18.1 Å². The van der Waals surface area contributed by atoms with Gasteiger partial charge in [-0.25, -0.2) is 0 Å². The Morgan fingerprint density at radius 3 is 0.900 bits per heavy atom. The van der Waals surface area contributed by atoms with E-state index < -0.39 is 21.5 Å². The third kappa shape index (κ3) is 7.26. The van der Waals surface area contributed by atoms with Crippen LogP contribution < -0.4 is 0 Å². The molecule has 0 nitrogen and oxygen atoms in total. The van der Waals surface area contributed by atoms with Gasteiger partial charge in [-0.1, -0.05) is 0 Å². The summed E-state index contributed by atoms with van der Waals surface area (Å²) < 4.78 is -0.206. The number of fused-ring (bicyclic) bond motifs is 2. The SMILES string of the molecule is Cc1ccc(-c2ccc(-c3ccc(C)cc3)c3c2C=C(C(C)(C)C)[CH]3[Zr]([Cl])([Cl])([CH]2C(C(C)(C)C)=Cc3c(-c4ccc(C)cc4)ccc(-c4ccc(C)cc4)c32)[SiH](C)C)cc1. The third-order valence-electron chi connectivity index (χ3n) is 13.8. The second kappa shape index (κ2) is 15.4. The predicted molar refractivity (Wildman–Crippen MR) is 265 cm³/mol. The van der Waals surface area contributed by atoms with Crippen LogP contribution in [0.1, 0.15) is 93.3 Å². The van der Waals surface area contributed by atoms with E-state index in [1.54, 1.807) is 0 Å². The number of rotatable bonds is 7. The number of allylic oxidation sites excluding steroid dienone is 2. The van der Waals surface area contributed by atoms with Crippen LogP contribution in [-0.4, -0.2) is 5.92 Å². The minimum absolute atomic E-state index is 0.103. The molecule has 0 saturated carbocycles. The first-order chi connectivity index (χ1) is 28.2. The van der Waals surface area contributed by atoms with E-state index in [1.165, 1.54) is 100 Å². The number of hydrogen-bond acceptors (Lipinski definition) is 0. The van der Waals surface area contributed by atoms with Crippen molar-refractivity contribution in [1.29, 1.82) is 0 Å². The molecule has 0 fully saturated rings. The van der Waals surface area contributed by atoms with Crippen molar-refractivity contribution in [1.82, 2.24) is 0 Å². The molecule has 0 radical (unpaired) electrons. The van der Waals surface area contributed by atoms with Crippen LogP contribution in [0.25, 0.3) is 56.7 Å². The molecule has 60 heavy (non-hydrogen) atoms. The van der Waals surface area contributed by atoms with Crippen molar-refractivity contribution >= 4 is 35.1 Å². The normalized spacial score (nSPS) is 17.2. The molecule has 4 heteroatoms. The van der Waals surface area contributed by atoms with E-state index >= 15 is 0 Å². The van der Waals surface area contributed by atoms with Gasteiger partial charge in [-0.05, 0) is 0 Å². The average Bonchev–Trinajstić information content (AvgIpc) is 3.82. The first-order valence-electron chi connectivity index (χ1n) is 21.8. The van der Waals surface area contributed by atoms with Gasteiger partial charge in [-0.15, -0.1) is 0 Å². The zero-order valence-corrected chi connectivity index (χ0v) is 42.8. The van der Waals surface area contributed by atoms with E-state index in [1.807, 2.05) is 0 Å². The van der Waals surface area contributed by atoms with Gasteiger partial charge in [-0.2, -0.15) is 0 Å². The van der Waals surface area contributed by atoms with Crippen LogP contribution in [0.5, 0.6) is 0 Å². The Balaban J connectivity index is 1.52. The van der Waals surface area contributed by atoms with Crippen molar-refractivity contribution in [2.75, 3.05) is 0 Å². The van der Waals surface area contributed by atoms with Crippen LogP contribution in [-0.2, 0) is 15.6 Å². The molecule has 6 aromatic carbocycles. The molecule has 6 aromatic rings. The molecule has 0 aromatic heterocycles. The molecule has 0 N–H and O–H groups in total. The van der Waals surface area contributed by atoms with Crippen LogP contribution in [0.4, 0.5) is 0 Å². The summed E-state index contributed by atoms with van der Waals surface area (Å²) in [7, 11) is 18.7.